The Labute approximate surface area is 108 Å². The second-order valence-corrected chi connectivity index (χ2v) is 5.48. The number of rotatable bonds is 6. The smallest absolute Gasteiger partial charge is 0.199 e. The third-order valence-electron chi connectivity index (χ3n) is 2.16. The Balaban J connectivity index is 4.67. The molecule has 1 atom stereocenters. The Morgan fingerprint density at radius 3 is 1.82 bits per heavy atom. The van der Waals surface area contributed by atoms with Gasteiger partial charge in [0.25, 0.3) is 0 Å². The van der Waals surface area contributed by atoms with Gasteiger partial charge in [-0.25, -0.2) is 0 Å². The Morgan fingerprint density at radius 2 is 1.47 bits per heavy atom. The molecule has 0 unspecified atom stereocenters. The van der Waals surface area contributed by atoms with E-state index in [0.717, 1.165) is 0 Å². The minimum Gasteiger partial charge on any atom is -0.199 e. The highest BCUT2D eigenvalue weighted by Crippen LogP contribution is 2.49. The molecular weight excluding hydrogens is 368 g/mol. The molecule has 0 radical (unpaired) electrons. The molecule has 0 nitrogen and oxygen atoms in total. The third-order valence-corrected chi connectivity index (χ3v) is 3.23. The van der Waals surface area contributed by atoms with E-state index in [0.29, 0.717) is 12.8 Å². The van der Waals surface area contributed by atoms with Crippen LogP contribution in [0.5, 0.6) is 0 Å². The van der Waals surface area contributed by atoms with Crippen molar-refractivity contribution in [3.05, 3.63) is 0 Å². The van der Waals surface area contributed by atoms with Crippen LogP contribution in [0.4, 0.5) is 30.7 Å². The van der Waals surface area contributed by atoms with Gasteiger partial charge in [-0.3, -0.25) is 0 Å². The van der Waals surface area contributed by atoms with E-state index in [-0.39, 0.29) is 6.42 Å². The maximum absolute atomic E-state index is 12.9. The monoisotopic (exact) mass is 380 g/mol. The third kappa shape index (κ3) is 4.44. The van der Waals surface area contributed by atoms with Gasteiger partial charge in [0.2, 0.25) is 0 Å². The first-order valence-electron chi connectivity index (χ1n) is 4.92. The Hall–Kier alpha value is 0.240. The molecule has 0 aromatic carbocycles. The molecule has 0 aliphatic carbocycles. The van der Waals surface area contributed by atoms with E-state index < -0.39 is 28.4 Å². The fraction of sp³-hybridized carbons (Fsp3) is 1.00. The van der Waals surface area contributed by atoms with E-state index in [1.807, 2.05) is 0 Å². The van der Waals surface area contributed by atoms with E-state index in [9.17, 15) is 30.7 Å². The first-order valence-corrected chi connectivity index (χ1v) is 6.16. The van der Waals surface area contributed by atoms with Gasteiger partial charge in [-0.15, -0.1) is 0 Å². The van der Waals surface area contributed by atoms with E-state index in [4.69, 9.17) is 0 Å². The van der Waals surface area contributed by atoms with Crippen molar-refractivity contribution in [2.75, 3.05) is 0 Å². The summed E-state index contributed by atoms with van der Waals surface area (Å²) in [4.78, 5) is 0. The molecule has 0 aromatic rings. The summed E-state index contributed by atoms with van der Waals surface area (Å²) in [7, 11) is 0. The Bertz CT molecular complexity index is 236. The molecule has 104 valence electrons. The lowest BCUT2D eigenvalue weighted by Gasteiger charge is -2.29. The van der Waals surface area contributed by atoms with Crippen molar-refractivity contribution in [3.8, 4) is 0 Å². The van der Waals surface area contributed by atoms with E-state index in [1.54, 1.807) is 6.92 Å². The molecule has 8 heteroatoms. The minimum absolute atomic E-state index is 0.195. The molecule has 0 aromatic heterocycles. The van der Waals surface area contributed by atoms with Crippen LogP contribution >= 0.6 is 22.6 Å². The fourth-order valence-corrected chi connectivity index (χ4v) is 2.13. The van der Waals surface area contributed by atoms with Gasteiger partial charge in [0.15, 0.2) is 0 Å². The number of alkyl halides is 8. The van der Waals surface area contributed by atoms with Gasteiger partial charge in [-0.2, -0.15) is 30.7 Å². The molecule has 0 amide bonds. The summed E-state index contributed by atoms with van der Waals surface area (Å²) in [5, 5.41) is 0. The lowest BCUT2D eigenvalue weighted by atomic mass is 10.0. The van der Waals surface area contributed by atoms with Gasteiger partial charge >= 0.3 is 18.0 Å². The topological polar surface area (TPSA) is 0 Å². The molecule has 0 saturated carbocycles. The highest BCUT2D eigenvalue weighted by atomic mass is 127. The zero-order valence-electron chi connectivity index (χ0n) is 8.93. The van der Waals surface area contributed by atoms with Crippen LogP contribution in [-0.4, -0.2) is 21.9 Å². The molecule has 0 rings (SSSR count). The molecule has 17 heavy (non-hydrogen) atoms. The molecule has 0 aliphatic rings. The molecule has 0 aliphatic heterocycles. The second-order valence-electron chi connectivity index (χ2n) is 3.72. The molecule has 0 heterocycles. The van der Waals surface area contributed by atoms with Crippen molar-refractivity contribution < 1.29 is 30.7 Å². The van der Waals surface area contributed by atoms with Crippen molar-refractivity contribution in [1.29, 1.82) is 0 Å². The molecular formula is C9H12F7I. The molecule has 0 bridgehead atoms. The summed E-state index contributed by atoms with van der Waals surface area (Å²) in [6.45, 7) is 1.77. The van der Waals surface area contributed by atoms with Gasteiger partial charge in [0.1, 0.15) is 0 Å². The van der Waals surface area contributed by atoms with Crippen LogP contribution in [0.3, 0.4) is 0 Å². The number of unbranched alkanes of at least 4 members (excludes halogenated alkanes) is 1. The number of halogens is 8. The van der Waals surface area contributed by atoms with Crippen LogP contribution in [0.15, 0.2) is 0 Å². The fourth-order valence-electron chi connectivity index (χ4n) is 1.14. The Kier molecular flexibility index (Phi) is 6.00. The summed E-state index contributed by atoms with van der Waals surface area (Å²) in [5.41, 5.74) is 0. The van der Waals surface area contributed by atoms with Crippen molar-refractivity contribution in [1.82, 2.24) is 0 Å². The summed E-state index contributed by atoms with van der Waals surface area (Å²) in [6.07, 6.45) is -6.32. The van der Waals surface area contributed by atoms with Crippen molar-refractivity contribution in [3.63, 3.8) is 0 Å². The lowest BCUT2D eigenvalue weighted by Crippen LogP contribution is -2.52. The van der Waals surface area contributed by atoms with E-state index >= 15 is 0 Å². The largest absolute Gasteiger partial charge is 0.459 e. The van der Waals surface area contributed by atoms with Crippen LogP contribution < -0.4 is 0 Å². The maximum atomic E-state index is 12.9. The van der Waals surface area contributed by atoms with Gasteiger partial charge in [0.05, 0.1) is 0 Å². The molecule has 0 saturated heterocycles. The average Bonchev–Trinajstić information content (AvgIpc) is 2.11. The van der Waals surface area contributed by atoms with Crippen LogP contribution in [0, 0.1) is 0 Å². The summed E-state index contributed by atoms with van der Waals surface area (Å²) >= 11 is 1.48. The first kappa shape index (κ1) is 17.2. The zero-order valence-corrected chi connectivity index (χ0v) is 11.1. The number of hydrogen-bond donors (Lipinski definition) is 0. The molecule has 0 N–H and O–H groups in total. The quantitative estimate of drug-likeness (QED) is 0.338. The van der Waals surface area contributed by atoms with E-state index in [1.165, 1.54) is 22.6 Å². The van der Waals surface area contributed by atoms with Crippen molar-refractivity contribution >= 4 is 22.6 Å². The highest BCUT2D eigenvalue weighted by molar-refractivity contribution is 14.1. The highest BCUT2D eigenvalue weighted by Gasteiger charge is 2.72. The maximum Gasteiger partial charge on any atom is 0.459 e. The van der Waals surface area contributed by atoms with Crippen LogP contribution in [0.2, 0.25) is 0 Å². The SMILES string of the molecule is CCCC[C@H](I)CC(F)(F)C(F)(F)C(F)(F)F. The van der Waals surface area contributed by atoms with Gasteiger partial charge in [0, 0.05) is 10.3 Å². The summed E-state index contributed by atoms with van der Waals surface area (Å²) in [5.74, 6) is -11.0. The predicted molar refractivity (Wildman–Crippen MR) is 57.9 cm³/mol. The standard InChI is InChI=1S/C9H12F7I/c1-2-3-4-6(17)5-7(10,11)8(12,13)9(14,15)16/h6H,2-5H2,1H3/t6-/m0/s1. The van der Waals surface area contributed by atoms with Gasteiger partial charge < -0.3 is 0 Å². The average molecular weight is 380 g/mol. The van der Waals surface area contributed by atoms with Gasteiger partial charge in [-0.1, -0.05) is 42.4 Å². The van der Waals surface area contributed by atoms with Crippen molar-refractivity contribution in [2.24, 2.45) is 0 Å². The van der Waals surface area contributed by atoms with Crippen LogP contribution in [0.1, 0.15) is 32.6 Å². The Morgan fingerprint density at radius 1 is 1.00 bits per heavy atom. The number of hydrogen-bond acceptors (Lipinski definition) is 0. The van der Waals surface area contributed by atoms with Crippen LogP contribution in [-0.2, 0) is 0 Å². The predicted octanol–water partition coefficient (Wildman–Crippen LogP) is 5.20. The van der Waals surface area contributed by atoms with E-state index in [2.05, 4.69) is 0 Å². The van der Waals surface area contributed by atoms with Crippen LogP contribution in [0.25, 0.3) is 0 Å². The molecule has 0 spiro atoms. The zero-order chi connectivity index (χ0) is 13.9. The van der Waals surface area contributed by atoms with Gasteiger partial charge in [-0.05, 0) is 6.42 Å². The first-order chi connectivity index (χ1) is 7.45. The minimum atomic E-state index is -6.22. The van der Waals surface area contributed by atoms with Crippen molar-refractivity contribution in [2.45, 2.75) is 54.6 Å². The normalized spacial score (nSPS) is 16.1. The second kappa shape index (κ2) is 5.92. The molecule has 0 fully saturated rings. The summed E-state index contributed by atoms with van der Waals surface area (Å²) < 4.78 is 85.3. The summed E-state index contributed by atoms with van der Waals surface area (Å²) in [6, 6.07) is 0. The lowest BCUT2D eigenvalue weighted by molar-refractivity contribution is -0.355.